The van der Waals surface area contributed by atoms with Crippen LogP contribution in [0.2, 0.25) is 0 Å². The summed E-state index contributed by atoms with van der Waals surface area (Å²) in [6.45, 7) is 6.45. The molecule has 1 amide bonds. The van der Waals surface area contributed by atoms with Crippen LogP contribution in [-0.2, 0) is 4.79 Å². The lowest BCUT2D eigenvalue weighted by Crippen LogP contribution is -2.41. The zero-order valence-corrected chi connectivity index (χ0v) is 12.8. The van der Waals surface area contributed by atoms with Gasteiger partial charge in [0.25, 0.3) is 0 Å². The molecule has 0 bridgehead atoms. The first-order valence-corrected chi connectivity index (χ1v) is 7.62. The fraction of sp³-hybridized carbons (Fsp3) is 0.529. The summed E-state index contributed by atoms with van der Waals surface area (Å²) in [7, 11) is 0. The number of likely N-dealkylation sites (tertiary alicyclic amines) is 1. The number of benzene rings is 1. The molecule has 1 N–H and O–H groups in total. The Kier molecular flexibility index (Phi) is 5.35. The summed E-state index contributed by atoms with van der Waals surface area (Å²) in [5.41, 5.74) is 1.35. The molecule has 2 atom stereocenters. The number of nitrogens with one attached hydrogen (secondary N) is 1. The molecule has 1 aliphatic rings. The largest absolute Gasteiger partial charge is 0.326 e. The number of rotatable bonds is 4. The number of nitrogens with zero attached hydrogens (tertiary/aromatic N) is 2. The van der Waals surface area contributed by atoms with Crippen LogP contribution in [0.3, 0.4) is 0 Å². The van der Waals surface area contributed by atoms with E-state index in [0.717, 1.165) is 24.7 Å². The summed E-state index contributed by atoms with van der Waals surface area (Å²) >= 11 is 0. The number of hydrogen-bond donors (Lipinski definition) is 1. The Balaban J connectivity index is 1.78. The molecule has 1 aliphatic heterocycles. The highest BCUT2D eigenvalue weighted by atomic mass is 16.1. The summed E-state index contributed by atoms with van der Waals surface area (Å²) in [4.78, 5) is 14.4. The summed E-state index contributed by atoms with van der Waals surface area (Å²) in [5, 5.41) is 11.6. The number of amides is 1. The maximum absolute atomic E-state index is 12.0. The van der Waals surface area contributed by atoms with E-state index >= 15 is 0 Å². The lowest BCUT2D eigenvalue weighted by molar-refractivity contribution is -0.116. The molecule has 1 fully saturated rings. The number of nitriles is 1. The van der Waals surface area contributed by atoms with Gasteiger partial charge in [0.15, 0.2) is 0 Å². The van der Waals surface area contributed by atoms with Crippen molar-refractivity contribution >= 4 is 11.6 Å². The molecule has 1 heterocycles. The van der Waals surface area contributed by atoms with Gasteiger partial charge in [0.2, 0.25) is 5.91 Å². The van der Waals surface area contributed by atoms with E-state index in [-0.39, 0.29) is 5.91 Å². The maximum Gasteiger partial charge on any atom is 0.225 e. The first-order chi connectivity index (χ1) is 10.1. The van der Waals surface area contributed by atoms with Gasteiger partial charge in [0, 0.05) is 24.7 Å². The summed E-state index contributed by atoms with van der Waals surface area (Å²) in [5.74, 6) is 0.828. The fourth-order valence-electron chi connectivity index (χ4n) is 2.88. The number of carbonyl (C=O) groups is 1. The van der Waals surface area contributed by atoms with Gasteiger partial charge in [-0.3, -0.25) is 4.79 Å². The van der Waals surface area contributed by atoms with Gasteiger partial charge in [-0.1, -0.05) is 6.92 Å². The lowest BCUT2D eigenvalue weighted by atomic mass is 9.93. The Morgan fingerprint density at radius 2 is 2.10 bits per heavy atom. The zero-order valence-electron chi connectivity index (χ0n) is 12.8. The van der Waals surface area contributed by atoms with Crippen molar-refractivity contribution in [2.75, 3.05) is 18.4 Å². The normalized spacial score (nSPS) is 22.5. The smallest absolute Gasteiger partial charge is 0.225 e. The Bertz CT molecular complexity index is 518. The molecule has 4 nitrogen and oxygen atoms in total. The van der Waals surface area contributed by atoms with E-state index < -0.39 is 0 Å². The topological polar surface area (TPSA) is 56.1 Å². The summed E-state index contributed by atoms with van der Waals surface area (Å²) in [6, 6.07) is 9.59. The first-order valence-electron chi connectivity index (χ1n) is 7.62. The van der Waals surface area contributed by atoms with Crippen LogP contribution in [0.1, 0.15) is 38.7 Å². The molecule has 0 radical (unpaired) electrons. The van der Waals surface area contributed by atoms with E-state index in [4.69, 9.17) is 5.26 Å². The van der Waals surface area contributed by atoms with Crippen LogP contribution in [-0.4, -0.2) is 29.9 Å². The van der Waals surface area contributed by atoms with Gasteiger partial charge in [-0.15, -0.1) is 0 Å². The molecule has 0 aliphatic carbocycles. The number of hydrogen-bond acceptors (Lipinski definition) is 3. The molecule has 1 aromatic carbocycles. The maximum atomic E-state index is 12.0. The molecule has 112 valence electrons. The van der Waals surface area contributed by atoms with E-state index in [1.807, 2.05) is 0 Å². The first kappa shape index (κ1) is 15.5. The second kappa shape index (κ2) is 7.24. The molecule has 1 aromatic rings. The van der Waals surface area contributed by atoms with Crippen LogP contribution < -0.4 is 5.32 Å². The molecule has 0 aromatic heterocycles. The van der Waals surface area contributed by atoms with Crippen molar-refractivity contribution in [1.82, 2.24) is 4.90 Å². The molecule has 21 heavy (non-hydrogen) atoms. The molecule has 2 unspecified atom stereocenters. The SMILES string of the molecule is CC1CCN(CCC(=O)Nc2ccc(C#N)cc2)C(C)C1. The average Bonchev–Trinajstić information content (AvgIpc) is 2.47. The molecule has 4 heteroatoms. The predicted octanol–water partition coefficient (Wildman–Crippen LogP) is 3.01. The monoisotopic (exact) mass is 285 g/mol. The minimum Gasteiger partial charge on any atom is -0.326 e. The third kappa shape index (κ3) is 4.57. The second-order valence-electron chi connectivity index (χ2n) is 6.00. The van der Waals surface area contributed by atoms with Gasteiger partial charge in [0.05, 0.1) is 11.6 Å². The van der Waals surface area contributed by atoms with Crippen molar-refractivity contribution in [2.24, 2.45) is 5.92 Å². The van der Waals surface area contributed by atoms with Crippen molar-refractivity contribution in [2.45, 2.75) is 39.2 Å². The molecule has 0 saturated carbocycles. The molecule has 1 saturated heterocycles. The molecule has 0 spiro atoms. The van der Waals surface area contributed by atoms with Gasteiger partial charge in [0.1, 0.15) is 0 Å². The van der Waals surface area contributed by atoms with Crippen LogP contribution in [0, 0.1) is 17.2 Å². The quantitative estimate of drug-likeness (QED) is 0.925. The standard InChI is InChI=1S/C17H23N3O/c1-13-7-9-20(14(2)11-13)10-8-17(21)19-16-5-3-15(12-18)4-6-16/h3-6,13-14H,7-11H2,1-2H3,(H,19,21). The Morgan fingerprint density at radius 3 is 2.71 bits per heavy atom. The number of piperidine rings is 1. The lowest BCUT2D eigenvalue weighted by Gasteiger charge is -2.36. The van der Waals surface area contributed by atoms with E-state index in [1.54, 1.807) is 24.3 Å². The van der Waals surface area contributed by atoms with E-state index in [9.17, 15) is 4.79 Å². The van der Waals surface area contributed by atoms with Gasteiger partial charge in [-0.05, 0) is 56.5 Å². The summed E-state index contributed by atoms with van der Waals surface area (Å²) in [6.07, 6.45) is 2.96. The number of carbonyl (C=O) groups excluding carboxylic acids is 1. The van der Waals surface area contributed by atoms with Crippen LogP contribution in [0.15, 0.2) is 24.3 Å². The van der Waals surface area contributed by atoms with E-state index in [0.29, 0.717) is 18.0 Å². The van der Waals surface area contributed by atoms with Gasteiger partial charge in [-0.2, -0.15) is 5.26 Å². The van der Waals surface area contributed by atoms with E-state index in [2.05, 4.69) is 30.1 Å². The van der Waals surface area contributed by atoms with Crippen LogP contribution in [0.25, 0.3) is 0 Å². The minimum atomic E-state index is 0.0329. The zero-order chi connectivity index (χ0) is 15.2. The second-order valence-corrected chi connectivity index (χ2v) is 6.00. The highest BCUT2D eigenvalue weighted by Gasteiger charge is 2.22. The fourth-order valence-corrected chi connectivity index (χ4v) is 2.88. The van der Waals surface area contributed by atoms with E-state index in [1.165, 1.54) is 12.8 Å². The third-order valence-corrected chi connectivity index (χ3v) is 4.20. The summed E-state index contributed by atoms with van der Waals surface area (Å²) < 4.78 is 0. The Morgan fingerprint density at radius 1 is 1.38 bits per heavy atom. The molecular weight excluding hydrogens is 262 g/mol. The molecule has 2 rings (SSSR count). The average molecular weight is 285 g/mol. The number of anilines is 1. The van der Waals surface area contributed by atoms with Crippen molar-refractivity contribution in [1.29, 1.82) is 5.26 Å². The van der Waals surface area contributed by atoms with Gasteiger partial charge >= 0.3 is 0 Å². The Hall–Kier alpha value is -1.86. The van der Waals surface area contributed by atoms with Crippen molar-refractivity contribution < 1.29 is 4.79 Å². The highest BCUT2D eigenvalue weighted by molar-refractivity contribution is 5.90. The van der Waals surface area contributed by atoms with Gasteiger partial charge < -0.3 is 10.2 Å². The Labute approximate surface area is 126 Å². The highest BCUT2D eigenvalue weighted by Crippen LogP contribution is 2.22. The third-order valence-electron chi connectivity index (χ3n) is 4.20. The molecular formula is C17H23N3O. The minimum absolute atomic E-state index is 0.0329. The van der Waals surface area contributed by atoms with Crippen molar-refractivity contribution in [3.8, 4) is 6.07 Å². The predicted molar refractivity (Wildman–Crippen MR) is 83.8 cm³/mol. The van der Waals surface area contributed by atoms with Crippen molar-refractivity contribution in [3.05, 3.63) is 29.8 Å². The van der Waals surface area contributed by atoms with Crippen LogP contribution in [0.4, 0.5) is 5.69 Å². The van der Waals surface area contributed by atoms with Crippen LogP contribution in [0.5, 0.6) is 0 Å². The van der Waals surface area contributed by atoms with Crippen LogP contribution >= 0.6 is 0 Å². The van der Waals surface area contributed by atoms with Crippen molar-refractivity contribution in [3.63, 3.8) is 0 Å². The van der Waals surface area contributed by atoms with Gasteiger partial charge in [-0.25, -0.2) is 0 Å².